The van der Waals surface area contributed by atoms with Crippen LogP contribution in [0.4, 0.5) is 0 Å². The Balaban J connectivity index is 3.39. The average Bonchev–Trinajstić information content (AvgIpc) is 1.91. The van der Waals surface area contributed by atoms with Gasteiger partial charge in [0, 0.05) is 18.6 Å². The summed E-state index contributed by atoms with van der Waals surface area (Å²) in [5, 5.41) is 1.97. The van der Waals surface area contributed by atoms with Gasteiger partial charge in [0.2, 0.25) is 0 Å². The minimum Gasteiger partial charge on any atom is -0.333 e. The first-order valence-corrected chi connectivity index (χ1v) is 3.19. The van der Waals surface area contributed by atoms with Gasteiger partial charge in [-0.25, -0.2) is 0 Å². The Kier molecular flexibility index (Phi) is 1.25. The molecule has 0 aliphatic heterocycles. The van der Waals surface area contributed by atoms with Crippen LogP contribution in [-0.4, -0.2) is 4.57 Å². The topological polar surface area (TPSA) is 4.93 Å². The van der Waals surface area contributed by atoms with Gasteiger partial charge in [0.15, 0.2) is 3.95 Å². The Labute approximate surface area is 51.2 Å². The number of hydrogen-bond donors (Lipinski definition) is 0. The number of hydrogen-bond acceptors (Lipinski definition) is 2. The Hall–Kier alpha value is -0.150. The second kappa shape index (κ2) is 1.76. The van der Waals surface area contributed by atoms with Crippen molar-refractivity contribution in [3.05, 3.63) is 15.5 Å². The second-order valence-electron chi connectivity index (χ2n) is 1.28. The first-order chi connectivity index (χ1) is 3.30. The number of aromatic nitrogens is 1. The quantitative estimate of drug-likeness (QED) is 0.486. The van der Waals surface area contributed by atoms with Crippen molar-refractivity contribution in [3.8, 4) is 0 Å². The molecule has 1 nitrogen and oxygen atoms in total. The molecular weight excluding hydrogens is 126 g/mol. The molecule has 0 atom stereocenters. The standard InChI is InChI=1S/C4H5NS2/c1-5-2-3-7-4(5)6/h2-3H,1H3. The van der Waals surface area contributed by atoms with Crippen molar-refractivity contribution >= 4 is 23.6 Å². The highest BCUT2D eigenvalue weighted by Gasteiger charge is 1.78. The van der Waals surface area contributed by atoms with E-state index in [9.17, 15) is 0 Å². The van der Waals surface area contributed by atoms with E-state index < -0.39 is 0 Å². The lowest BCUT2D eigenvalue weighted by Gasteiger charge is -1.79. The van der Waals surface area contributed by atoms with E-state index in [4.69, 9.17) is 12.2 Å². The molecule has 0 bridgehead atoms. The van der Waals surface area contributed by atoms with Crippen molar-refractivity contribution in [2.45, 2.75) is 0 Å². The molecule has 1 aromatic rings. The number of rotatable bonds is 0. The maximum absolute atomic E-state index is 4.87. The lowest BCUT2D eigenvalue weighted by molar-refractivity contribution is 0.920. The predicted molar refractivity (Wildman–Crippen MR) is 34.1 cm³/mol. The van der Waals surface area contributed by atoms with Crippen LogP contribution in [0.2, 0.25) is 0 Å². The molecular formula is C4H5NS2. The van der Waals surface area contributed by atoms with Crippen LogP contribution in [0, 0.1) is 3.95 Å². The van der Waals surface area contributed by atoms with E-state index in [0.29, 0.717) is 0 Å². The van der Waals surface area contributed by atoms with Crippen LogP contribution in [0.15, 0.2) is 11.6 Å². The molecule has 0 aliphatic rings. The van der Waals surface area contributed by atoms with Gasteiger partial charge >= 0.3 is 0 Å². The molecule has 0 fully saturated rings. The van der Waals surface area contributed by atoms with Crippen molar-refractivity contribution in [2.75, 3.05) is 0 Å². The Morgan fingerprint density at radius 3 is 2.71 bits per heavy atom. The van der Waals surface area contributed by atoms with Crippen molar-refractivity contribution < 1.29 is 0 Å². The molecule has 0 aliphatic carbocycles. The minimum absolute atomic E-state index is 0.931. The Morgan fingerprint density at radius 1 is 1.86 bits per heavy atom. The maximum atomic E-state index is 4.87. The Morgan fingerprint density at radius 2 is 2.57 bits per heavy atom. The monoisotopic (exact) mass is 131 g/mol. The molecule has 3 heteroatoms. The third-order valence-corrected chi connectivity index (χ3v) is 2.07. The van der Waals surface area contributed by atoms with Gasteiger partial charge in [-0.1, -0.05) is 0 Å². The van der Waals surface area contributed by atoms with E-state index >= 15 is 0 Å². The number of aryl methyl sites for hydroxylation is 1. The summed E-state index contributed by atoms with van der Waals surface area (Å²) in [6.07, 6.45) is 1.95. The van der Waals surface area contributed by atoms with Gasteiger partial charge in [0.05, 0.1) is 0 Å². The highest BCUT2D eigenvalue weighted by molar-refractivity contribution is 7.73. The highest BCUT2D eigenvalue weighted by Crippen LogP contribution is 1.98. The average molecular weight is 131 g/mol. The van der Waals surface area contributed by atoms with E-state index in [1.807, 2.05) is 23.2 Å². The second-order valence-corrected chi connectivity index (χ2v) is 2.82. The van der Waals surface area contributed by atoms with E-state index in [1.165, 1.54) is 0 Å². The molecule has 0 aromatic carbocycles. The molecule has 0 spiro atoms. The van der Waals surface area contributed by atoms with Crippen LogP contribution in [0.25, 0.3) is 0 Å². The predicted octanol–water partition coefficient (Wildman–Crippen LogP) is 1.82. The van der Waals surface area contributed by atoms with Crippen LogP contribution < -0.4 is 0 Å². The fourth-order valence-corrected chi connectivity index (χ4v) is 1.14. The molecule has 0 saturated heterocycles. The molecule has 0 radical (unpaired) electrons. The largest absolute Gasteiger partial charge is 0.333 e. The molecule has 1 aromatic heterocycles. The minimum atomic E-state index is 0.931. The summed E-state index contributed by atoms with van der Waals surface area (Å²) in [4.78, 5) is 0. The van der Waals surface area contributed by atoms with Gasteiger partial charge in [-0.15, -0.1) is 11.3 Å². The summed E-state index contributed by atoms with van der Waals surface area (Å²) >= 11 is 6.45. The summed E-state index contributed by atoms with van der Waals surface area (Å²) in [5.74, 6) is 0. The molecule has 0 saturated carbocycles. The zero-order chi connectivity index (χ0) is 5.28. The van der Waals surface area contributed by atoms with Gasteiger partial charge in [0.1, 0.15) is 0 Å². The van der Waals surface area contributed by atoms with E-state index in [2.05, 4.69) is 0 Å². The smallest absolute Gasteiger partial charge is 0.160 e. The normalized spacial score (nSPS) is 9.29. The zero-order valence-corrected chi connectivity index (χ0v) is 5.55. The summed E-state index contributed by atoms with van der Waals surface area (Å²) in [6.45, 7) is 0. The van der Waals surface area contributed by atoms with Crippen molar-refractivity contribution in [2.24, 2.45) is 7.05 Å². The zero-order valence-electron chi connectivity index (χ0n) is 3.92. The maximum Gasteiger partial charge on any atom is 0.160 e. The van der Waals surface area contributed by atoms with Gasteiger partial charge < -0.3 is 4.57 Å². The third-order valence-electron chi connectivity index (χ3n) is 0.741. The fourth-order valence-electron chi connectivity index (χ4n) is 0.324. The summed E-state index contributed by atoms with van der Waals surface area (Å²) in [7, 11) is 1.94. The van der Waals surface area contributed by atoms with Gasteiger partial charge in [-0.05, 0) is 12.2 Å². The van der Waals surface area contributed by atoms with Crippen LogP contribution in [-0.2, 0) is 7.05 Å². The fraction of sp³-hybridized carbons (Fsp3) is 0.250. The molecule has 38 valence electrons. The summed E-state index contributed by atoms with van der Waals surface area (Å²) in [5.41, 5.74) is 0. The molecule has 0 amide bonds. The summed E-state index contributed by atoms with van der Waals surface area (Å²) < 4.78 is 2.85. The molecule has 0 unspecified atom stereocenters. The van der Waals surface area contributed by atoms with Gasteiger partial charge in [-0.3, -0.25) is 0 Å². The highest BCUT2D eigenvalue weighted by atomic mass is 32.1. The van der Waals surface area contributed by atoms with E-state index in [1.54, 1.807) is 11.3 Å². The van der Waals surface area contributed by atoms with Gasteiger partial charge in [-0.2, -0.15) is 0 Å². The molecule has 0 N–H and O–H groups in total. The van der Waals surface area contributed by atoms with Crippen LogP contribution >= 0.6 is 23.6 Å². The summed E-state index contributed by atoms with van der Waals surface area (Å²) in [6, 6.07) is 0. The van der Waals surface area contributed by atoms with Crippen LogP contribution in [0.3, 0.4) is 0 Å². The van der Waals surface area contributed by atoms with Crippen LogP contribution in [0.1, 0.15) is 0 Å². The van der Waals surface area contributed by atoms with Gasteiger partial charge in [0.25, 0.3) is 0 Å². The third kappa shape index (κ3) is 0.894. The number of nitrogens with zero attached hydrogens (tertiary/aromatic N) is 1. The lowest BCUT2D eigenvalue weighted by Crippen LogP contribution is -1.78. The van der Waals surface area contributed by atoms with Crippen LogP contribution in [0.5, 0.6) is 0 Å². The molecule has 1 rings (SSSR count). The first-order valence-electron chi connectivity index (χ1n) is 1.91. The van der Waals surface area contributed by atoms with E-state index in [0.717, 1.165) is 3.95 Å². The van der Waals surface area contributed by atoms with Crippen molar-refractivity contribution in [3.63, 3.8) is 0 Å². The molecule has 1 heterocycles. The molecule has 7 heavy (non-hydrogen) atoms. The first kappa shape index (κ1) is 5.00. The van der Waals surface area contributed by atoms with E-state index in [-0.39, 0.29) is 0 Å². The SMILES string of the molecule is Cn1ccsc1=S. The van der Waals surface area contributed by atoms with Crippen molar-refractivity contribution in [1.29, 1.82) is 0 Å². The number of thiazole rings is 1. The lowest BCUT2D eigenvalue weighted by atomic mass is 10.9. The van der Waals surface area contributed by atoms with Crippen molar-refractivity contribution in [1.82, 2.24) is 4.57 Å². The Bertz CT molecular complexity index is 197.